The molecule has 9 rings (SSSR count). The molecule has 2 aromatic carbocycles. The van der Waals surface area contributed by atoms with Crippen LogP contribution in [0.2, 0.25) is 5.15 Å². The summed E-state index contributed by atoms with van der Waals surface area (Å²) < 4.78 is 22.1. The third-order valence-electron chi connectivity index (χ3n) is 14.2. The maximum Gasteiger partial charge on any atom is 0.410 e. The van der Waals surface area contributed by atoms with Crippen LogP contribution in [-0.4, -0.2) is 143 Å². The molecule has 9 N–H and O–H groups in total. The van der Waals surface area contributed by atoms with Gasteiger partial charge in [-0.3, -0.25) is 20.2 Å². The SMILES string of the molecule is C.C.C.CC(C)(C)OC(=O)N1CCC(CN)CC1.CC(C)(C)OC(=O)N1CCC(CNc2ccc([N+](=O)[O-])c(N)n2)CC1.CC(C)(C)OC(=O)N1CCC(CNc2ccc3[nH]c(-c4ccc(OCc5ccccc5)cc4)nc3n2)CC1.Nc1nc(Cl)ccc1[N+](=O)[O-]. The minimum atomic E-state index is -0.612. The van der Waals surface area contributed by atoms with Crippen molar-refractivity contribution in [2.24, 2.45) is 23.5 Å². The first-order valence-corrected chi connectivity index (χ1v) is 30.1. The third-order valence-corrected chi connectivity index (χ3v) is 14.4. The second-order valence-electron chi connectivity index (χ2n) is 24.8. The molecule has 0 bridgehead atoms. The summed E-state index contributed by atoms with van der Waals surface area (Å²) in [6.45, 7) is 23.9. The van der Waals surface area contributed by atoms with Crippen LogP contribution in [-0.2, 0) is 20.8 Å². The van der Waals surface area contributed by atoms with Crippen LogP contribution >= 0.6 is 11.6 Å². The van der Waals surface area contributed by atoms with Crippen LogP contribution in [0.15, 0.2) is 91.0 Å². The van der Waals surface area contributed by atoms with Crippen molar-refractivity contribution >= 4 is 75.7 Å². The highest BCUT2D eigenvalue weighted by molar-refractivity contribution is 6.29. The van der Waals surface area contributed by atoms with Gasteiger partial charge in [0.1, 0.15) is 51.8 Å². The number of nitrogen functional groups attached to an aromatic ring is 2. The average molecular weight is 1300 g/mol. The number of aromatic nitrogens is 5. The largest absolute Gasteiger partial charge is 0.489 e. The van der Waals surface area contributed by atoms with Crippen LogP contribution in [0.25, 0.3) is 22.6 Å². The number of rotatable bonds is 13. The highest BCUT2D eigenvalue weighted by Crippen LogP contribution is 2.28. The van der Waals surface area contributed by atoms with Gasteiger partial charge >= 0.3 is 29.7 Å². The van der Waals surface area contributed by atoms with E-state index < -0.39 is 26.6 Å². The molecule has 7 heterocycles. The van der Waals surface area contributed by atoms with Gasteiger partial charge in [0, 0.05) is 70.1 Å². The molecule has 0 unspecified atom stereocenters. The van der Waals surface area contributed by atoms with Crippen LogP contribution in [0.4, 0.5) is 49.0 Å². The average Bonchev–Trinajstić information content (AvgIpc) is 2.47. The molecule has 27 heteroatoms. The van der Waals surface area contributed by atoms with Crippen molar-refractivity contribution in [1.29, 1.82) is 0 Å². The summed E-state index contributed by atoms with van der Waals surface area (Å²) in [4.78, 5) is 81.3. The number of hydrogen-bond acceptors (Lipinski definition) is 20. The fourth-order valence-corrected chi connectivity index (χ4v) is 9.52. The van der Waals surface area contributed by atoms with Gasteiger partial charge in [-0.15, -0.1) is 0 Å². The highest BCUT2D eigenvalue weighted by Gasteiger charge is 2.30. The van der Waals surface area contributed by atoms with E-state index in [0.717, 1.165) is 98.7 Å². The molecule has 0 atom stereocenters. The fraction of sp³-hybridized carbons (Fsp3) is 0.523. The van der Waals surface area contributed by atoms with Crippen molar-refractivity contribution in [3.63, 3.8) is 0 Å². The van der Waals surface area contributed by atoms with Crippen molar-refractivity contribution in [2.75, 3.05) is 81.0 Å². The van der Waals surface area contributed by atoms with Crippen LogP contribution in [0, 0.1) is 38.0 Å². The Bertz CT molecular complexity index is 3280. The number of H-pyrrole nitrogens is 1. The van der Waals surface area contributed by atoms with Gasteiger partial charge in [0.15, 0.2) is 5.65 Å². The summed E-state index contributed by atoms with van der Waals surface area (Å²) >= 11 is 5.41. The number of piperidine rings is 3. The van der Waals surface area contributed by atoms with Crippen LogP contribution in [0.5, 0.6) is 5.75 Å². The summed E-state index contributed by atoms with van der Waals surface area (Å²) in [7, 11) is 0. The fourth-order valence-electron chi connectivity index (χ4n) is 9.36. The minimum Gasteiger partial charge on any atom is -0.489 e. The number of pyridine rings is 3. The van der Waals surface area contributed by atoms with E-state index in [-0.39, 0.29) is 68.7 Å². The summed E-state index contributed by atoms with van der Waals surface area (Å²) in [5.41, 5.74) is 18.3. The Morgan fingerprint density at radius 1 is 0.576 bits per heavy atom. The van der Waals surface area contributed by atoms with E-state index in [9.17, 15) is 34.6 Å². The van der Waals surface area contributed by atoms with E-state index in [0.29, 0.717) is 68.5 Å². The number of halogens is 1. The number of amides is 3. The van der Waals surface area contributed by atoms with Gasteiger partial charge < -0.3 is 66.5 Å². The number of fused-ring (bicyclic) bond motifs is 1. The van der Waals surface area contributed by atoms with Gasteiger partial charge in [-0.2, -0.15) is 0 Å². The van der Waals surface area contributed by atoms with Crippen molar-refractivity contribution in [1.82, 2.24) is 39.6 Å². The molecule has 0 radical (unpaired) electrons. The molecule has 6 aromatic rings. The molecule has 26 nitrogen and oxygen atoms in total. The first-order chi connectivity index (χ1) is 42.0. The normalized spacial score (nSPS) is 14.5. The number of nitrogens with one attached hydrogen (secondary N) is 3. The standard InChI is InChI=1S/C30H35N5O3.C16H25N5O4.C11H22N2O2.C5H4ClN3O2.3CH4/c1-30(2,3)38-29(36)35-17-15-21(16-18-35)19-31-26-14-13-25-28(33-26)34-27(32-25)23-9-11-24(12-10-23)37-20-22-7-5-4-6-8-22;1-16(2,3)25-15(22)20-8-6-11(7-9-20)10-18-13-5-4-12(21(23)24)14(17)19-13;1-11(2,3)15-10(14)13-6-4-9(8-12)5-7-13;6-4-2-1-3(9(10)11)5(7)8-4;;;/h4-14,21H,15-20H2,1-3H3,(H2,31,32,33,34);4-5,11H,6-10H2,1-3H3,(H3,17,18,19);9H,4-8,12H2,1-3H3;1-2H,(H2,7,8);3*1H4. The van der Waals surface area contributed by atoms with Crippen LogP contribution in [0.1, 0.15) is 129 Å². The molecule has 92 heavy (non-hydrogen) atoms. The Kier molecular flexibility index (Phi) is 30.1. The smallest absolute Gasteiger partial charge is 0.410 e. The van der Waals surface area contributed by atoms with Gasteiger partial charge in [0.25, 0.3) is 0 Å². The van der Waals surface area contributed by atoms with E-state index in [4.69, 9.17) is 57.7 Å². The molecule has 4 aromatic heterocycles. The topological polar surface area (TPSA) is 354 Å². The predicted octanol–water partition coefficient (Wildman–Crippen LogP) is 13.6. The minimum absolute atomic E-state index is 0. The number of benzene rings is 2. The lowest BCUT2D eigenvalue weighted by molar-refractivity contribution is -0.384. The van der Waals surface area contributed by atoms with Gasteiger partial charge in [-0.25, -0.2) is 34.3 Å². The number of aromatic amines is 1. The number of carbonyl (C=O) groups is 3. The van der Waals surface area contributed by atoms with Gasteiger partial charge in [-0.1, -0.05) is 64.2 Å². The van der Waals surface area contributed by atoms with Gasteiger partial charge in [-0.05, 0) is 179 Å². The van der Waals surface area contributed by atoms with Crippen molar-refractivity contribution in [2.45, 2.75) is 147 Å². The molecule has 0 aliphatic carbocycles. The van der Waals surface area contributed by atoms with Crippen LogP contribution < -0.4 is 32.6 Å². The zero-order chi connectivity index (χ0) is 65.1. The van der Waals surface area contributed by atoms with Crippen molar-refractivity contribution in [3.05, 3.63) is 122 Å². The molecule has 3 fully saturated rings. The maximum absolute atomic E-state index is 12.3. The lowest BCUT2D eigenvalue weighted by Gasteiger charge is -2.33. The second kappa shape index (κ2) is 35.7. The molecular weight excluding hydrogens is 1200 g/mol. The molecule has 3 amide bonds. The second-order valence-corrected chi connectivity index (χ2v) is 25.2. The molecule has 3 aliphatic rings. The Labute approximate surface area is 546 Å². The van der Waals surface area contributed by atoms with Crippen molar-refractivity contribution in [3.8, 4) is 17.1 Å². The highest BCUT2D eigenvalue weighted by atomic mass is 35.5. The van der Waals surface area contributed by atoms with E-state index in [1.54, 1.807) is 20.8 Å². The zero-order valence-electron chi connectivity index (χ0n) is 52.3. The van der Waals surface area contributed by atoms with E-state index in [1.807, 2.05) is 129 Å². The van der Waals surface area contributed by atoms with E-state index in [1.165, 1.54) is 18.2 Å². The molecule has 506 valence electrons. The van der Waals surface area contributed by atoms with E-state index in [2.05, 4.69) is 25.6 Å². The Morgan fingerprint density at radius 3 is 1.40 bits per heavy atom. The quantitative estimate of drug-likeness (QED) is 0.0271. The number of hydrogen-bond donors (Lipinski definition) is 6. The first kappa shape index (κ1) is 77.5. The molecule has 0 saturated carbocycles. The monoisotopic (exact) mass is 1300 g/mol. The number of imidazole rings is 1. The lowest BCUT2D eigenvalue weighted by Crippen LogP contribution is -2.42. The number of ether oxygens (including phenoxy) is 4. The summed E-state index contributed by atoms with van der Waals surface area (Å²) in [5, 5.41) is 27.7. The predicted molar refractivity (Wildman–Crippen MR) is 364 cm³/mol. The Morgan fingerprint density at radius 2 is 0.989 bits per heavy atom. The molecular formula is C65H98ClN15O11. The Balaban J connectivity index is 0.000000352. The number of nitro groups is 2. The summed E-state index contributed by atoms with van der Waals surface area (Å²) in [5.74, 6) is 4.07. The van der Waals surface area contributed by atoms with Crippen molar-refractivity contribution < 1.29 is 43.2 Å². The van der Waals surface area contributed by atoms with Crippen LogP contribution in [0.3, 0.4) is 0 Å². The first-order valence-electron chi connectivity index (χ1n) is 29.7. The molecule has 3 saturated heterocycles. The van der Waals surface area contributed by atoms with Gasteiger partial charge in [0.2, 0.25) is 11.6 Å². The molecule has 3 aliphatic heterocycles. The summed E-state index contributed by atoms with van der Waals surface area (Å²) in [6.07, 6.45) is 4.88. The third kappa shape index (κ3) is 25.8. The Hall–Kier alpha value is -8.78. The molecule has 0 spiro atoms. The number of nitrogens with zero attached hydrogens (tertiary/aromatic N) is 9. The number of nitrogens with two attached hydrogens (primary N) is 3. The summed E-state index contributed by atoms with van der Waals surface area (Å²) in [6, 6.07) is 27.4. The maximum atomic E-state index is 12.3. The number of carbonyl (C=O) groups excluding carboxylic acids is 3. The number of anilines is 4. The zero-order valence-corrected chi connectivity index (χ0v) is 53.1. The number of likely N-dealkylation sites (tertiary alicyclic amines) is 3. The van der Waals surface area contributed by atoms with Gasteiger partial charge in [0.05, 0.1) is 15.4 Å². The van der Waals surface area contributed by atoms with E-state index >= 15 is 0 Å². The lowest BCUT2D eigenvalue weighted by atomic mass is 9.97.